The minimum absolute atomic E-state index is 0.149. The van der Waals surface area contributed by atoms with Gasteiger partial charge in [0.05, 0.1) is 31.5 Å². The molecule has 6 heteroatoms. The molecule has 0 spiro atoms. The minimum atomic E-state index is -0.740. The number of methoxy groups -OCH3 is 1. The summed E-state index contributed by atoms with van der Waals surface area (Å²) in [6.45, 7) is 2.02. The van der Waals surface area contributed by atoms with Gasteiger partial charge in [-0.05, 0) is 6.42 Å². The minimum Gasteiger partial charge on any atom is -0.394 e. The third-order valence-electron chi connectivity index (χ3n) is 3.28. The topological polar surface area (TPSA) is 88.0 Å². The number of ether oxygens (including phenoxy) is 2. The fraction of sp³-hybridized carbons (Fsp3) is 0.909. The van der Waals surface area contributed by atoms with Gasteiger partial charge in [-0.1, -0.05) is 6.92 Å². The molecule has 3 N–H and O–H groups in total. The van der Waals surface area contributed by atoms with Gasteiger partial charge in [0.15, 0.2) is 0 Å². The Morgan fingerprint density at radius 2 is 2.18 bits per heavy atom. The van der Waals surface area contributed by atoms with Crippen molar-refractivity contribution in [3.63, 3.8) is 0 Å². The number of aliphatic hydroxyl groups excluding tert-OH is 2. The van der Waals surface area contributed by atoms with Gasteiger partial charge in [0.25, 0.3) is 0 Å². The lowest BCUT2D eigenvalue weighted by molar-refractivity contribution is -0.180. The van der Waals surface area contributed by atoms with Crippen LogP contribution < -0.4 is 5.32 Å². The maximum atomic E-state index is 10.5. The fourth-order valence-electron chi connectivity index (χ4n) is 2.39. The largest absolute Gasteiger partial charge is 0.394 e. The van der Waals surface area contributed by atoms with Gasteiger partial charge < -0.3 is 25.0 Å². The van der Waals surface area contributed by atoms with Gasteiger partial charge in [-0.25, -0.2) is 0 Å². The zero-order valence-corrected chi connectivity index (χ0v) is 10.2. The van der Waals surface area contributed by atoms with Crippen LogP contribution in [0.2, 0.25) is 0 Å². The highest BCUT2D eigenvalue weighted by molar-refractivity contribution is 5.47. The van der Waals surface area contributed by atoms with Crippen LogP contribution in [0.4, 0.5) is 0 Å². The molecule has 17 heavy (non-hydrogen) atoms. The maximum absolute atomic E-state index is 10.5. The van der Waals surface area contributed by atoms with E-state index in [1.165, 1.54) is 7.11 Å². The van der Waals surface area contributed by atoms with Crippen LogP contribution in [-0.2, 0) is 14.3 Å². The van der Waals surface area contributed by atoms with Crippen molar-refractivity contribution in [1.82, 2.24) is 5.32 Å². The second kappa shape index (κ2) is 6.90. The molecule has 1 rings (SSSR count). The molecule has 5 unspecified atom stereocenters. The van der Waals surface area contributed by atoms with Crippen LogP contribution in [-0.4, -0.2) is 61.3 Å². The standard InChI is InChI=1S/C11H21NO5/c1-3-7-8(4-13)17-9(5-16-2)10(11(7)15)12-6-14/h6-11,13,15H,3-5H2,1-2H3,(H,12,14). The molecule has 1 fully saturated rings. The van der Waals surface area contributed by atoms with E-state index in [4.69, 9.17) is 9.47 Å². The predicted molar refractivity (Wildman–Crippen MR) is 60.4 cm³/mol. The molecule has 1 aliphatic heterocycles. The van der Waals surface area contributed by atoms with Gasteiger partial charge in [0.2, 0.25) is 6.41 Å². The molecule has 1 aliphatic rings. The number of aliphatic hydroxyl groups is 2. The average Bonchev–Trinajstić information content (AvgIpc) is 2.33. The summed E-state index contributed by atoms with van der Waals surface area (Å²) in [5.74, 6) is -0.189. The summed E-state index contributed by atoms with van der Waals surface area (Å²) in [5, 5.41) is 22.0. The van der Waals surface area contributed by atoms with Crippen LogP contribution >= 0.6 is 0 Å². The summed E-state index contributed by atoms with van der Waals surface area (Å²) in [5.41, 5.74) is 0. The van der Waals surface area contributed by atoms with Crippen molar-refractivity contribution in [3.05, 3.63) is 0 Å². The highest BCUT2D eigenvalue weighted by Gasteiger charge is 2.43. The van der Waals surface area contributed by atoms with Crippen molar-refractivity contribution in [2.24, 2.45) is 5.92 Å². The van der Waals surface area contributed by atoms with Crippen LogP contribution in [0.5, 0.6) is 0 Å². The molecule has 1 heterocycles. The first-order chi connectivity index (χ1) is 8.19. The zero-order valence-electron chi connectivity index (χ0n) is 10.2. The first kappa shape index (κ1) is 14.4. The lowest BCUT2D eigenvalue weighted by Crippen LogP contribution is -2.61. The SMILES string of the molecule is CCC1C(CO)OC(COC)C(NC=O)C1O. The van der Waals surface area contributed by atoms with E-state index < -0.39 is 24.4 Å². The first-order valence-electron chi connectivity index (χ1n) is 5.82. The number of amides is 1. The van der Waals surface area contributed by atoms with Gasteiger partial charge >= 0.3 is 0 Å². The van der Waals surface area contributed by atoms with E-state index >= 15 is 0 Å². The molecule has 100 valence electrons. The Hall–Kier alpha value is -0.690. The third-order valence-corrected chi connectivity index (χ3v) is 3.28. The van der Waals surface area contributed by atoms with Gasteiger partial charge in [0.1, 0.15) is 6.10 Å². The Bertz CT molecular complexity index is 236. The third kappa shape index (κ3) is 3.16. The zero-order chi connectivity index (χ0) is 12.8. The van der Waals surface area contributed by atoms with Crippen LogP contribution in [0, 0.1) is 5.92 Å². The molecule has 1 saturated heterocycles. The number of hydrogen-bond donors (Lipinski definition) is 3. The average molecular weight is 247 g/mol. The Kier molecular flexibility index (Phi) is 5.84. The molecule has 0 aliphatic carbocycles. The molecule has 1 amide bonds. The molecule has 0 aromatic rings. The highest BCUT2D eigenvalue weighted by atomic mass is 16.5. The number of carbonyl (C=O) groups is 1. The molecule has 0 aromatic heterocycles. The van der Waals surface area contributed by atoms with E-state index in [1.54, 1.807) is 0 Å². The quantitative estimate of drug-likeness (QED) is 0.518. The summed E-state index contributed by atoms with van der Waals surface area (Å²) >= 11 is 0. The van der Waals surface area contributed by atoms with Gasteiger partial charge in [-0.15, -0.1) is 0 Å². The van der Waals surface area contributed by atoms with E-state index in [1.807, 2.05) is 6.92 Å². The van der Waals surface area contributed by atoms with E-state index in [-0.39, 0.29) is 19.1 Å². The predicted octanol–water partition coefficient (Wildman–Crippen LogP) is -1.11. The summed E-state index contributed by atoms with van der Waals surface area (Å²) in [6, 6.07) is -0.500. The van der Waals surface area contributed by atoms with Crippen LogP contribution in [0.3, 0.4) is 0 Å². The lowest BCUT2D eigenvalue weighted by atomic mass is 9.83. The second-order valence-corrected chi connectivity index (χ2v) is 4.22. The van der Waals surface area contributed by atoms with Crippen LogP contribution in [0.1, 0.15) is 13.3 Å². The van der Waals surface area contributed by atoms with Crippen molar-refractivity contribution in [2.45, 2.75) is 37.7 Å². The van der Waals surface area contributed by atoms with E-state index in [2.05, 4.69) is 5.32 Å². The molecule has 0 bridgehead atoms. The summed E-state index contributed by atoms with van der Waals surface area (Å²) in [4.78, 5) is 10.5. The molecule has 0 saturated carbocycles. The van der Waals surface area contributed by atoms with E-state index in [9.17, 15) is 15.0 Å². The number of rotatable bonds is 6. The lowest BCUT2D eigenvalue weighted by Gasteiger charge is -2.44. The Morgan fingerprint density at radius 1 is 1.47 bits per heavy atom. The van der Waals surface area contributed by atoms with Gasteiger partial charge in [-0.2, -0.15) is 0 Å². The van der Waals surface area contributed by atoms with Gasteiger partial charge in [-0.3, -0.25) is 4.79 Å². The van der Waals surface area contributed by atoms with Crippen LogP contribution in [0.15, 0.2) is 0 Å². The number of hydrogen-bond acceptors (Lipinski definition) is 5. The summed E-state index contributed by atoms with van der Waals surface area (Å²) in [6.07, 6.45) is -0.383. The van der Waals surface area contributed by atoms with Crippen molar-refractivity contribution in [3.8, 4) is 0 Å². The Morgan fingerprint density at radius 3 is 2.65 bits per heavy atom. The molecule has 0 aromatic carbocycles. The normalized spacial score (nSPS) is 37.8. The van der Waals surface area contributed by atoms with E-state index in [0.717, 1.165) is 0 Å². The van der Waals surface area contributed by atoms with Crippen molar-refractivity contribution < 1.29 is 24.5 Å². The molecule has 5 atom stereocenters. The van der Waals surface area contributed by atoms with Crippen molar-refractivity contribution in [2.75, 3.05) is 20.3 Å². The van der Waals surface area contributed by atoms with Crippen molar-refractivity contribution >= 4 is 6.41 Å². The van der Waals surface area contributed by atoms with Crippen molar-refractivity contribution in [1.29, 1.82) is 0 Å². The highest BCUT2D eigenvalue weighted by Crippen LogP contribution is 2.28. The van der Waals surface area contributed by atoms with Crippen LogP contribution in [0.25, 0.3) is 0 Å². The monoisotopic (exact) mass is 247 g/mol. The molecule has 6 nitrogen and oxygen atoms in total. The molecule has 0 radical (unpaired) electrons. The smallest absolute Gasteiger partial charge is 0.207 e. The van der Waals surface area contributed by atoms with Gasteiger partial charge in [0, 0.05) is 13.0 Å². The number of carbonyl (C=O) groups excluding carboxylic acids is 1. The first-order valence-corrected chi connectivity index (χ1v) is 5.82. The Balaban J connectivity index is 2.80. The second-order valence-electron chi connectivity index (χ2n) is 4.22. The number of nitrogens with one attached hydrogen (secondary N) is 1. The summed E-state index contributed by atoms with van der Waals surface area (Å²) in [7, 11) is 1.52. The molecular formula is C11H21NO5. The Labute approximate surface area is 101 Å². The fourth-order valence-corrected chi connectivity index (χ4v) is 2.39. The maximum Gasteiger partial charge on any atom is 0.207 e. The molecular weight excluding hydrogens is 226 g/mol. The van der Waals surface area contributed by atoms with E-state index in [0.29, 0.717) is 12.8 Å². The summed E-state index contributed by atoms with van der Waals surface area (Å²) < 4.78 is 10.7.